The lowest BCUT2D eigenvalue weighted by Gasteiger charge is -2.41. The van der Waals surface area contributed by atoms with E-state index in [1.165, 1.54) is 0 Å². The molecule has 2 spiro atoms. The Morgan fingerprint density at radius 3 is 2.44 bits per heavy atom. The smallest absolute Gasteiger partial charge is 0.334 e. The average Bonchev–Trinajstić information content (AvgIpc) is 3.46. The predicted molar refractivity (Wildman–Crippen MR) is 131 cm³/mol. The summed E-state index contributed by atoms with van der Waals surface area (Å²) in [6, 6.07) is 0. The van der Waals surface area contributed by atoms with Crippen LogP contribution >= 0.6 is 0 Å². The van der Waals surface area contributed by atoms with Gasteiger partial charge < -0.3 is 29.2 Å². The van der Waals surface area contributed by atoms with E-state index in [2.05, 4.69) is 0 Å². The Morgan fingerprint density at radius 2 is 1.77 bits per heavy atom. The zero-order valence-corrected chi connectivity index (χ0v) is 22.9. The predicted octanol–water partition coefficient (Wildman–Crippen LogP) is 1.39. The summed E-state index contributed by atoms with van der Waals surface area (Å²) in [7, 11) is 0. The molecule has 6 fully saturated rings. The summed E-state index contributed by atoms with van der Waals surface area (Å²) in [6.45, 7) is 8.94. The van der Waals surface area contributed by atoms with E-state index < -0.39 is 87.7 Å². The molecular weight excluding hydrogens is 508 g/mol. The van der Waals surface area contributed by atoms with Crippen LogP contribution in [0.3, 0.4) is 0 Å². The van der Waals surface area contributed by atoms with Crippen molar-refractivity contribution in [3.8, 4) is 0 Å². The molecule has 12 atom stereocenters. The van der Waals surface area contributed by atoms with Crippen LogP contribution in [0.15, 0.2) is 11.6 Å². The molecule has 0 unspecified atom stereocenters. The molecule has 0 radical (unpaired) electrons. The zero-order chi connectivity index (χ0) is 28.1. The molecule has 0 aromatic carbocycles. The third-order valence-corrected chi connectivity index (χ3v) is 11.5. The van der Waals surface area contributed by atoms with E-state index in [-0.39, 0.29) is 37.4 Å². The standard InChI is InChI=1S/C29H36O10/c1-12-8-15(36-24(12)34)19-13(2)22(32)26(5)6-7-27-11-28-16(25(3,4)37-17(28)10-18(31)38-28)9-14(30)20(27)23(33)29(35,39-27)21(19)26/h8,13-17,19-21,30,35H,6-7,9-11H2,1-5H3/t13-,14-,15+,16-,17+,19+,20-,21-,26-,27-,28+,29-/m0/s1. The Bertz CT molecular complexity index is 1250. The summed E-state index contributed by atoms with van der Waals surface area (Å²) in [6.07, 6.45) is -0.110. The van der Waals surface area contributed by atoms with Gasteiger partial charge in [0.05, 0.1) is 29.6 Å². The highest BCUT2D eigenvalue weighted by Gasteiger charge is 2.80. The van der Waals surface area contributed by atoms with E-state index in [0.29, 0.717) is 12.0 Å². The lowest BCUT2D eigenvalue weighted by atomic mass is 9.62. The molecule has 7 rings (SSSR count). The quantitative estimate of drug-likeness (QED) is 0.464. The number of aliphatic hydroxyl groups excluding tert-OH is 1. The van der Waals surface area contributed by atoms with Crippen LogP contribution in [0, 0.1) is 35.0 Å². The van der Waals surface area contributed by atoms with Gasteiger partial charge in [-0.15, -0.1) is 0 Å². The van der Waals surface area contributed by atoms with Gasteiger partial charge in [-0.05, 0) is 46.1 Å². The lowest BCUT2D eigenvalue weighted by molar-refractivity contribution is -0.264. The van der Waals surface area contributed by atoms with Crippen LogP contribution in [0.1, 0.15) is 66.7 Å². The van der Waals surface area contributed by atoms with Gasteiger partial charge in [0.15, 0.2) is 0 Å². The number of hydrogen-bond donors (Lipinski definition) is 2. The first kappa shape index (κ1) is 25.8. The van der Waals surface area contributed by atoms with E-state index in [4.69, 9.17) is 18.9 Å². The monoisotopic (exact) mass is 544 g/mol. The minimum atomic E-state index is -2.39. The largest absolute Gasteiger partial charge is 0.456 e. The van der Waals surface area contributed by atoms with Crippen molar-refractivity contribution in [1.29, 1.82) is 0 Å². The van der Waals surface area contributed by atoms with Crippen molar-refractivity contribution in [2.75, 3.05) is 0 Å². The van der Waals surface area contributed by atoms with E-state index in [0.717, 1.165) is 0 Å². The van der Waals surface area contributed by atoms with Gasteiger partial charge in [-0.3, -0.25) is 14.4 Å². The van der Waals surface area contributed by atoms with Crippen molar-refractivity contribution in [3.05, 3.63) is 11.6 Å². The fourth-order valence-corrected chi connectivity index (χ4v) is 10.0. The Hall–Kier alpha value is -2.14. The number of carbonyl (C=O) groups is 4. The van der Waals surface area contributed by atoms with Gasteiger partial charge in [0.2, 0.25) is 11.6 Å². The third kappa shape index (κ3) is 2.91. The molecule has 10 heteroatoms. The van der Waals surface area contributed by atoms with Gasteiger partial charge in [0.1, 0.15) is 23.6 Å². The number of carbonyl (C=O) groups excluding carboxylic acids is 4. The minimum Gasteiger partial charge on any atom is -0.456 e. The number of cyclic esters (lactones) is 1. The molecule has 4 saturated heterocycles. The summed E-state index contributed by atoms with van der Waals surface area (Å²) in [5.41, 5.74) is -3.94. The molecule has 2 saturated carbocycles. The van der Waals surface area contributed by atoms with Gasteiger partial charge in [-0.2, -0.15) is 0 Å². The van der Waals surface area contributed by atoms with Gasteiger partial charge in [0.25, 0.3) is 0 Å². The Labute approximate surface area is 226 Å². The number of fused-ring (bicyclic) bond motifs is 3. The molecule has 10 nitrogen and oxygen atoms in total. The van der Waals surface area contributed by atoms with Crippen molar-refractivity contribution in [2.24, 2.45) is 35.0 Å². The molecule has 39 heavy (non-hydrogen) atoms. The third-order valence-electron chi connectivity index (χ3n) is 11.5. The molecule has 0 aromatic heterocycles. The summed E-state index contributed by atoms with van der Waals surface area (Å²) in [5.74, 6) is -7.81. The van der Waals surface area contributed by atoms with E-state index in [9.17, 15) is 29.4 Å². The number of ketones is 2. The van der Waals surface area contributed by atoms with Crippen LogP contribution < -0.4 is 0 Å². The normalized spacial score (nSPS) is 55.2. The highest BCUT2D eigenvalue weighted by Crippen LogP contribution is 2.68. The number of aliphatic hydroxyl groups is 2. The first-order valence-electron chi connectivity index (χ1n) is 14.1. The van der Waals surface area contributed by atoms with Crippen LogP contribution in [0.2, 0.25) is 0 Å². The first-order valence-corrected chi connectivity index (χ1v) is 14.1. The van der Waals surface area contributed by atoms with E-state index in [1.807, 2.05) is 13.8 Å². The highest BCUT2D eigenvalue weighted by molar-refractivity contribution is 5.97. The molecule has 5 heterocycles. The van der Waals surface area contributed by atoms with Crippen LogP contribution in [-0.4, -0.2) is 74.6 Å². The number of rotatable bonds is 1. The molecule has 212 valence electrons. The lowest BCUT2D eigenvalue weighted by Crippen LogP contribution is -2.55. The van der Waals surface area contributed by atoms with Crippen LogP contribution in [0.5, 0.6) is 0 Å². The number of esters is 2. The second-order valence-corrected chi connectivity index (χ2v) is 13.9. The molecule has 2 aliphatic carbocycles. The van der Waals surface area contributed by atoms with E-state index in [1.54, 1.807) is 26.8 Å². The fraction of sp³-hybridized carbons (Fsp3) is 0.793. The SMILES string of the molecule is CC1=C[C@H]([C@H]2[C@H](C)C(=O)[C@@]3(C)CC[C@]45C[C@]67OC(=O)C[C@H]6OC(C)(C)[C@@H]7C[C@H](O)[C@H]4C(=O)[C@@](O)(O5)[C@@H]23)OC1=O. The second kappa shape index (κ2) is 7.38. The molecule has 2 N–H and O–H groups in total. The molecule has 0 aromatic rings. The summed E-state index contributed by atoms with van der Waals surface area (Å²) >= 11 is 0. The summed E-state index contributed by atoms with van der Waals surface area (Å²) < 4.78 is 24.6. The van der Waals surface area contributed by atoms with Crippen molar-refractivity contribution < 1.29 is 48.3 Å². The molecule has 0 amide bonds. The summed E-state index contributed by atoms with van der Waals surface area (Å²) in [4.78, 5) is 53.1. The van der Waals surface area contributed by atoms with Crippen molar-refractivity contribution >= 4 is 23.5 Å². The maximum atomic E-state index is 14.4. The Kier molecular flexibility index (Phi) is 4.88. The topological polar surface area (TPSA) is 146 Å². The number of hydrogen-bond acceptors (Lipinski definition) is 10. The minimum absolute atomic E-state index is 0.0616. The highest BCUT2D eigenvalue weighted by atomic mass is 16.7. The number of Topliss-reactive ketones (excluding diaryl/α,β-unsaturated/α-hetero) is 2. The zero-order valence-electron chi connectivity index (χ0n) is 22.9. The molecule has 2 bridgehead atoms. The van der Waals surface area contributed by atoms with Crippen molar-refractivity contribution in [2.45, 2.75) is 108 Å². The molecular formula is C29H36O10. The second-order valence-electron chi connectivity index (χ2n) is 13.9. The van der Waals surface area contributed by atoms with Gasteiger partial charge in [-0.25, -0.2) is 4.79 Å². The Balaban J connectivity index is 1.37. The maximum absolute atomic E-state index is 14.4. The maximum Gasteiger partial charge on any atom is 0.334 e. The molecule has 5 aliphatic heterocycles. The van der Waals surface area contributed by atoms with Crippen LogP contribution in [-0.2, 0) is 38.1 Å². The van der Waals surface area contributed by atoms with Crippen LogP contribution in [0.25, 0.3) is 0 Å². The van der Waals surface area contributed by atoms with Gasteiger partial charge >= 0.3 is 11.9 Å². The first-order chi connectivity index (χ1) is 18.1. The van der Waals surface area contributed by atoms with E-state index >= 15 is 0 Å². The summed E-state index contributed by atoms with van der Waals surface area (Å²) in [5, 5.41) is 24.0. The van der Waals surface area contributed by atoms with Crippen molar-refractivity contribution in [3.63, 3.8) is 0 Å². The number of ether oxygens (including phenoxy) is 4. The van der Waals surface area contributed by atoms with Gasteiger partial charge in [0, 0.05) is 41.1 Å². The fourth-order valence-electron chi connectivity index (χ4n) is 10.0. The Morgan fingerprint density at radius 1 is 1.05 bits per heavy atom. The average molecular weight is 545 g/mol. The molecule has 7 aliphatic rings. The van der Waals surface area contributed by atoms with Crippen molar-refractivity contribution in [1.82, 2.24) is 0 Å². The van der Waals surface area contributed by atoms with Gasteiger partial charge in [-0.1, -0.05) is 13.8 Å². The van der Waals surface area contributed by atoms with Crippen LogP contribution in [0.4, 0.5) is 0 Å².